The Hall–Kier alpha value is -1.26. The van der Waals surface area contributed by atoms with E-state index in [2.05, 4.69) is 4.74 Å². The van der Waals surface area contributed by atoms with E-state index in [1.54, 1.807) is 24.3 Å². The lowest BCUT2D eigenvalue weighted by Gasteiger charge is -2.11. The predicted molar refractivity (Wildman–Crippen MR) is 68.8 cm³/mol. The average molecular weight is 260 g/mol. The van der Waals surface area contributed by atoms with Crippen LogP contribution in [0.1, 0.15) is 23.7 Å². The summed E-state index contributed by atoms with van der Waals surface area (Å²) < 4.78 is 10.0. The Kier molecular flexibility index (Phi) is 7.34. The Morgan fingerprint density at radius 2 is 1.94 bits per heavy atom. The molecule has 4 nitrogen and oxygen atoms in total. The summed E-state index contributed by atoms with van der Waals surface area (Å²) in [5, 5.41) is 0. The second-order valence-electron chi connectivity index (χ2n) is 3.50. The molecule has 96 valence electrons. The summed E-state index contributed by atoms with van der Waals surface area (Å²) in [6, 6.07) is 6.83. The fraction of sp³-hybridized carbons (Fsp3) is 0.417. The number of esters is 1. The van der Waals surface area contributed by atoms with Gasteiger partial charge in [0.15, 0.2) is 0 Å². The van der Waals surface area contributed by atoms with E-state index in [1.807, 2.05) is 6.92 Å². The van der Waals surface area contributed by atoms with Crippen molar-refractivity contribution in [3.8, 4) is 5.75 Å². The number of hydrogen-bond donors (Lipinski definition) is 1. The zero-order valence-electron chi connectivity index (χ0n) is 10.0. The van der Waals surface area contributed by atoms with E-state index >= 15 is 0 Å². The van der Waals surface area contributed by atoms with Crippen molar-refractivity contribution >= 4 is 18.4 Å². The van der Waals surface area contributed by atoms with Gasteiger partial charge in [-0.2, -0.15) is 0 Å². The highest BCUT2D eigenvalue weighted by molar-refractivity contribution is 5.89. The summed E-state index contributed by atoms with van der Waals surface area (Å²) in [6.07, 6.45) is 0.875. The van der Waals surface area contributed by atoms with Crippen molar-refractivity contribution in [1.29, 1.82) is 0 Å². The molecule has 1 aromatic rings. The maximum absolute atomic E-state index is 11.2. The maximum atomic E-state index is 11.2. The molecule has 0 aliphatic heterocycles. The Morgan fingerprint density at radius 3 is 2.41 bits per heavy atom. The Bertz CT molecular complexity index is 340. The minimum absolute atomic E-state index is 0. The third-order valence-corrected chi connectivity index (χ3v) is 2.26. The van der Waals surface area contributed by atoms with Gasteiger partial charge >= 0.3 is 5.97 Å². The normalized spacial score (nSPS) is 11.2. The van der Waals surface area contributed by atoms with Gasteiger partial charge in [0.05, 0.1) is 12.7 Å². The molecule has 1 rings (SSSR count). The molecular formula is C12H18ClNO3. The number of carbonyl (C=O) groups is 1. The first-order chi connectivity index (χ1) is 7.67. The highest BCUT2D eigenvalue weighted by Gasteiger charge is 2.05. The van der Waals surface area contributed by atoms with Crippen molar-refractivity contribution in [3.05, 3.63) is 29.8 Å². The summed E-state index contributed by atoms with van der Waals surface area (Å²) in [6.45, 7) is 2.49. The molecule has 0 saturated heterocycles. The van der Waals surface area contributed by atoms with Crippen molar-refractivity contribution in [2.45, 2.75) is 19.4 Å². The first-order valence-electron chi connectivity index (χ1n) is 5.24. The van der Waals surface area contributed by atoms with Crippen LogP contribution in [0.15, 0.2) is 24.3 Å². The molecule has 1 atom stereocenters. The molecule has 0 radical (unpaired) electrons. The van der Waals surface area contributed by atoms with Crippen LogP contribution in [0.3, 0.4) is 0 Å². The monoisotopic (exact) mass is 259 g/mol. The third kappa shape index (κ3) is 5.06. The SMILES string of the molecule is CC[C@H](N)COc1ccc(C(=O)OC)cc1.Cl. The quantitative estimate of drug-likeness (QED) is 0.822. The molecule has 0 aliphatic rings. The van der Waals surface area contributed by atoms with Crippen LogP contribution in [0.2, 0.25) is 0 Å². The van der Waals surface area contributed by atoms with Gasteiger partial charge in [0.25, 0.3) is 0 Å². The molecule has 17 heavy (non-hydrogen) atoms. The lowest BCUT2D eigenvalue weighted by molar-refractivity contribution is 0.0600. The lowest BCUT2D eigenvalue weighted by Crippen LogP contribution is -2.26. The molecule has 2 N–H and O–H groups in total. The smallest absolute Gasteiger partial charge is 0.337 e. The minimum Gasteiger partial charge on any atom is -0.492 e. The summed E-state index contributed by atoms with van der Waals surface area (Å²) in [7, 11) is 1.35. The fourth-order valence-corrected chi connectivity index (χ4v) is 1.13. The Morgan fingerprint density at radius 1 is 1.35 bits per heavy atom. The van der Waals surface area contributed by atoms with E-state index in [0.717, 1.165) is 6.42 Å². The number of hydrogen-bond acceptors (Lipinski definition) is 4. The molecule has 0 unspecified atom stereocenters. The summed E-state index contributed by atoms with van der Waals surface area (Å²) in [5.74, 6) is 0.355. The zero-order valence-corrected chi connectivity index (χ0v) is 10.8. The van der Waals surface area contributed by atoms with Crippen molar-refractivity contribution < 1.29 is 14.3 Å². The van der Waals surface area contributed by atoms with Crippen LogP contribution in [-0.2, 0) is 4.74 Å². The van der Waals surface area contributed by atoms with Gasteiger partial charge in [-0.05, 0) is 30.7 Å². The Labute approximate surface area is 108 Å². The van der Waals surface area contributed by atoms with Crippen LogP contribution in [0, 0.1) is 0 Å². The van der Waals surface area contributed by atoms with Gasteiger partial charge in [-0.3, -0.25) is 0 Å². The molecule has 0 amide bonds. The number of ether oxygens (including phenoxy) is 2. The molecule has 5 heteroatoms. The summed E-state index contributed by atoms with van der Waals surface area (Å²) in [5.41, 5.74) is 6.23. The van der Waals surface area contributed by atoms with E-state index in [4.69, 9.17) is 10.5 Å². The lowest BCUT2D eigenvalue weighted by atomic mass is 10.2. The van der Waals surface area contributed by atoms with Gasteiger partial charge in [0, 0.05) is 6.04 Å². The van der Waals surface area contributed by atoms with Crippen molar-refractivity contribution in [2.75, 3.05) is 13.7 Å². The van der Waals surface area contributed by atoms with E-state index in [0.29, 0.717) is 17.9 Å². The topological polar surface area (TPSA) is 61.5 Å². The predicted octanol–water partition coefficient (Wildman–Crippen LogP) is 2.01. The van der Waals surface area contributed by atoms with E-state index < -0.39 is 0 Å². The molecule has 1 aromatic carbocycles. The Balaban J connectivity index is 0.00000256. The zero-order chi connectivity index (χ0) is 12.0. The van der Waals surface area contributed by atoms with Gasteiger partial charge in [-0.25, -0.2) is 4.79 Å². The highest BCUT2D eigenvalue weighted by Crippen LogP contribution is 2.13. The number of benzene rings is 1. The van der Waals surface area contributed by atoms with Crippen LogP contribution in [0.4, 0.5) is 0 Å². The minimum atomic E-state index is -0.350. The number of nitrogens with two attached hydrogens (primary N) is 1. The van der Waals surface area contributed by atoms with Crippen LogP contribution >= 0.6 is 12.4 Å². The van der Waals surface area contributed by atoms with Gasteiger partial charge in [0.1, 0.15) is 12.4 Å². The molecule has 0 saturated carbocycles. The molecule has 0 fully saturated rings. The first kappa shape index (κ1) is 15.7. The molecular weight excluding hydrogens is 242 g/mol. The molecule has 0 heterocycles. The molecule has 0 aliphatic carbocycles. The second-order valence-corrected chi connectivity index (χ2v) is 3.50. The van der Waals surface area contributed by atoms with Crippen molar-refractivity contribution in [1.82, 2.24) is 0 Å². The van der Waals surface area contributed by atoms with Crippen LogP contribution in [0.5, 0.6) is 5.75 Å². The second kappa shape index (κ2) is 7.92. The van der Waals surface area contributed by atoms with Crippen molar-refractivity contribution in [2.24, 2.45) is 5.73 Å². The number of rotatable bonds is 5. The van der Waals surface area contributed by atoms with Crippen LogP contribution in [0.25, 0.3) is 0 Å². The van der Waals surface area contributed by atoms with E-state index in [9.17, 15) is 4.79 Å². The van der Waals surface area contributed by atoms with Crippen LogP contribution in [-0.4, -0.2) is 25.7 Å². The number of methoxy groups -OCH3 is 1. The van der Waals surface area contributed by atoms with E-state index in [-0.39, 0.29) is 24.4 Å². The standard InChI is InChI=1S/C12H17NO3.ClH/c1-3-10(13)8-16-11-6-4-9(5-7-11)12(14)15-2;/h4-7,10H,3,8,13H2,1-2H3;1H/t10-;/m0./s1. The largest absolute Gasteiger partial charge is 0.492 e. The van der Waals surface area contributed by atoms with Gasteiger partial charge in [-0.15, -0.1) is 12.4 Å². The average Bonchev–Trinajstić information content (AvgIpc) is 2.35. The van der Waals surface area contributed by atoms with Crippen LogP contribution < -0.4 is 10.5 Å². The molecule has 0 aromatic heterocycles. The maximum Gasteiger partial charge on any atom is 0.337 e. The van der Waals surface area contributed by atoms with E-state index in [1.165, 1.54) is 7.11 Å². The third-order valence-electron chi connectivity index (χ3n) is 2.26. The van der Waals surface area contributed by atoms with Gasteiger partial charge in [0.2, 0.25) is 0 Å². The molecule has 0 bridgehead atoms. The fourth-order valence-electron chi connectivity index (χ4n) is 1.13. The summed E-state index contributed by atoms with van der Waals surface area (Å²) in [4.78, 5) is 11.2. The van der Waals surface area contributed by atoms with Gasteiger partial charge < -0.3 is 15.2 Å². The molecule has 0 spiro atoms. The summed E-state index contributed by atoms with van der Waals surface area (Å²) >= 11 is 0. The number of halogens is 1. The first-order valence-corrected chi connectivity index (χ1v) is 5.24. The highest BCUT2D eigenvalue weighted by atomic mass is 35.5. The van der Waals surface area contributed by atoms with Crippen molar-refractivity contribution in [3.63, 3.8) is 0 Å². The van der Waals surface area contributed by atoms with Gasteiger partial charge in [-0.1, -0.05) is 6.92 Å². The number of carbonyl (C=O) groups excluding carboxylic acids is 1.